The second-order valence-electron chi connectivity index (χ2n) is 6.61. The van der Waals surface area contributed by atoms with Crippen molar-refractivity contribution in [3.05, 3.63) is 51.4 Å². The van der Waals surface area contributed by atoms with Crippen LogP contribution in [0.25, 0.3) is 10.8 Å². The summed E-state index contributed by atoms with van der Waals surface area (Å²) in [7, 11) is 0. The number of nitrogens with one attached hydrogen (secondary N) is 1. The first-order chi connectivity index (χ1) is 12.4. The number of carbonyl (C=O) groups excluding carboxylic acids is 1. The number of aromatic hydroxyl groups is 1. The topological polar surface area (TPSA) is 84.2 Å². The summed E-state index contributed by atoms with van der Waals surface area (Å²) < 4.78 is 1.37. The zero-order valence-corrected chi connectivity index (χ0v) is 15.8. The van der Waals surface area contributed by atoms with E-state index >= 15 is 0 Å². The molecule has 0 aliphatic heterocycles. The van der Waals surface area contributed by atoms with Crippen molar-refractivity contribution >= 4 is 33.1 Å². The van der Waals surface area contributed by atoms with E-state index in [0.717, 1.165) is 4.88 Å². The zero-order valence-electron chi connectivity index (χ0n) is 14.9. The van der Waals surface area contributed by atoms with Crippen LogP contribution in [0.15, 0.2) is 35.3 Å². The Morgan fingerprint density at radius 3 is 2.62 bits per heavy atom. The second-order valence-corrected chi connectivity index (χ2v) is 7.85. The number of hydrogen-bond donors (Lipinski definition) is 2. The molecular formula is C19H21N3O3S. The number of rotatable bonds is 5. The minimum absolute atomic E-state index is 0.0257. The number of aryl methyl sites for hydroxylation is 1. The maximum Gasteiger partial charge on any atom is 0.278 e. The maximum absolute atomic E-state index is 12.9. The number of amides is 1. The quantitative estimate of drug-likeness (QED) is 0.715. The number of pyridine rings is 1. The molecule has 0 aliphatic carbocycles. The van der Waals surface area contributed by atoms with Gasteiger partial charge in [0.15, 0.2) is 16.6 Å². The maximum atomic E-state index is 12.9. The number of thiazole rings is 1. The van der Waals surface area contributed by atoms with E-state index in [9.17, 15) is 14.7 Å². The predicted octanol–water partition coefficient (Wildman–Crippen LogP) is 3.77. The van der Waals surface area contributed by atoms with Crippen LogP contribution >= 0.6 is 11.3 Å². The molecule has 0 fully saturated rings. The normalized spacial score (nSPS) is 11.2. The lowest BCUT2D eigenvalue weighted by Gasteiger charge is -2.16. The molecule has 6 nitrogen and oxygen atoms in total. The highest BCUT2D eigenvalue weighted by Gasteiger charge is 2.22. The number of anilines is 1. The lowest BCUT2D eigenvalue weighted by Crippen LogP contribution is -2.29. The predicted molar refractivity (Wildman–Crippen MR) is 104 cm³/mol. The molecule has 3 rings (SSSR count). The van der Waals surface area contributed by atoms with E-state index in [1.807, 2.05) is 20.8 Å². The van der Waals surface area contributed by atoms with E-state index in [1.54, 1.807) is 30.5 Å². The van der Waals surface area contributed by atoms with E-state index in [-0.39, 0.29) is 17.0 Å². The van der Waals surface area contributed by atoms with Crippen molar-refractivity contribution in [2.75, 3.05) is 5.32 Å². The third kappa shape index (κ3) is 3.48. The van der Waals surface area contributed by atoms with Gasteiger partial charge in [0.05, 0.1) is 5.39 Å². The summed E-state index contributed by atoms with van der Waals surface area (Å²) >= 11 is 1.34. The van der Waals surface area contributed by atoms with Crippen LogP contribution < -0.4 is 10.9 Å². The number of benzene rings is 1. The molecule has 3 aromatic rings. The fraction of sp³-hybridized carbons (Fsp3) is 0.316. The van der Waals surface area contributed by atoms with Crippen molar-refractivity contribution in [1.82, 2.24) is 9.55 Å². The van der Waals surface area contributed by atoms with E-state index in [1.165, 1.54) is 15.9 Å². The fourth-order valence-electron chi connectivity index (χ4n) is 2.78. The lowest BCUT2D eigenvalue weighted by atomic mass is 10.1. The lowest BCUT2D eigenvalue weighted by molar-refractivity contribution is 0.101. The molecule has 0 unspecified atom stereocenters. The number of carbonyl (C=O) groups is 1. The Hall–Kier alpha value is -2.67. The van der Waals surface area contributed by atoms with Crippen molar-refractivity contribution in [3.63, 3.8) is 0 Å². The van der Waals surface area contributed by atoms with Crippen molar-refractivity contribution < 1.29 is 9.90 Å². The van der Waals surface area contributed by atoms with Gasteiger partial charge in [-0.2, -0.15) is 0 Å². The summed E-state index contributed by atoms with van der Waals surface area (Å²) in [6, 6.07) is 6.78. The van der Waals surface area contributed by atoms with Crippen molar-refractivity contribution in [1.29, 1.82) is 0 Å². The van der Waals surface area contributed by atoms with Gasteiger partial charge in [-0.25, -0.2) is 4.98 Å². The molecule has 1 amide bonds. The number of aromatic nitrogens is 2. The van der Waals surface area contributed by atoms with Crippen LogP contribution in [0.2, 0.25) is 0 Å². The third-order valence-corrected chi connectivity index (χ3v) is 4.97. The smallest absolute Gasteiger partial charge is 0.278 e. The first-order valence-electron chi connectivity index (χ1n) is 8.46. The Labute approximate surface area is 155 Å². The van der Waals surface area contributed by atoms with Crippen LogP contribution in [0.3, 0.4) is 0 Å². The number of nitrogens with zero attached hydrogens (tertiary/aromatic N) is 2. The molecule has 7 heteroatoms. The van der Waals surface area contributed by atoms with Crippen LogP contribution in [0, 0.1) is 12.8 Å². The molecule has 136 valence electrons. The third-order valence-electron chi connectivity index (χ3n) is 4.14. The summed E-state index contributed by atoms with van der Waals surface area (Å²) in [5, 5.41) is 14.6. The van der Waals surface area contributed by atoms with E-state index in [0.29, 0.717) is 34.8 Å². The molecule has 0 saturated carbocycles. The minimum atomic E-state index is -0.538. The molecule has 0 saturated heterocycles. The van der Waals surface area contributed by atoms with Gasteiger partial charge in [-0.05, 0) is 25.3 Å². The minimum Gasteiger partial charge on any atom is -0.505 e. The molecule has 0 aliphatic rings. The molecule has 26 heavy (non-hydrogen) atoms. The molecule has 0 atom stereocenters. The monoisotopic (exact) mass is 371 g/mol. The van der Waals surface area contributed by atoms with Gasteiger partial charge in [0.25, 0.3) is 11.5 Å². The second kappa shape index (κ2) is 7.29. The van der Waals surface area contributed by atoms with Gasteiger partial charge in [0, 0.05) is 23.0 Å². The highest BCUT2D eigenvalue weighted by Crippen LogP contribution is 2.28. The van der Waals surface area contributed by atoms with Crippen molar-refractivity contribution in [2.45, 2.75) is 33.7 Å². The highest BCUT2D eigenvalue weighted by atomic mass is 32.1. The Bertz CT molecular complexity index is 1020. The van der Waals surface area contributed by atoms with Crippen LogP contribution in [0.4, 0.5) is 5.13 Å². The Morgan fingerprint density at radius 2 is 2.00 bits per heavy atom. The average molecular weight is 371 g/mol. The first-order valence-corrected chi connectivity index (χ1v) is 9.28. The summed E-state index contributed by atoms with van der Waals surface area (Å²) in [5.41, 5.74) is -0.304. The molecule has 0 bridgehead atoms. The van der Waals surface area contributed by atoms with Gasteiger partial charge < -0.3 is 9.67 Å². The first kappa shape index (κ1) is 18.1. The summed E-state index contributed by atoms with van der Waals surface area (Å²) in [5.74, 6) is -0.369. The summed E-state index contributed by atoms with van der Waals surface area (Å²) in [6.07, 6.45) is 2.38. The molecule has 2 aromatic heterocycles. The zero-order chi connectivity index (χ0) is 18.8. The van der Waals surface area contributed by atoms with Crippen molar-refractivity contribution in [2.24, 2.45) is 5.92 Å². The molecule has 2 heterocycles. The molecule has 2 N–H and O–H groups in total. The van der Waals surface area contributed by atoms with E-state index in [2.05, 4.69) is 10.3 Å². The Morgan fingerprint density at radius 1 is 1.31 bits per heavy atom. The van der Waals surface area contributed by atoms with E-state index < -0.39 is 5.91 Å². The Balaban J connectivity index is 2.14. The van der Waals surface area contributed by atoms with Crippen LogP contribution in [0.1, 0.15) is 35.6 Å². The largest absolute Gasteiger partial charge is 0.505 e. The molecule has 0 radical (unpaired) electrons. The number of fused-ring (bicyclic) bond motifs is 1. The average Bonchev–Trinajstić information content (AvgIpc) is 3.01. The highest BCUT2D eigenvalue weighted by molar-refractivity contribution is 7.15. The van der Waals surface area contributed by atoms with Gasteiger partial charge >= 0.3 is 0 Å². The fourth-order valence-corrected chi connectivity index (χ4v) is 3.44. The van der Waals surface area contributed by atoms with Gasteiger partial charge in [-0.15, -0.1) is 11.3 Å². The van der Waals surface area contributed by atoms with Crippen molar-refractivity contribution in [3.8, 4) is 5.75 Å². The standard InChI is InChI=1S/C19H21N3O3S/c1-11(2)8-9-22-15(17(24)21-19-20-10-12(3)26-19)16(23)13-6-4-5-7-14(13)18(22)25/h4-7,10-11,23H,8-9H2,1-3H3,(H,20,21,24). The van der Waals surface area contributed by atoms with E-state index in [4.69, 9.17) is 0 Å². The number of hydrogen-bond acceptors (Lipinski definition) is 5. The van der Waals surface area contributed by atoms with Gasteiger partial charge in [-0.1, -0.05) is 32.0 Å². The molecule has 1 aromatic carbocycles. The SMILES string of the molecule is Cc1cnc(NC(=O)c2c(O)c3ccccc3c(=O)n2CCC(C)C)s1. The van der Waals surface area contributed by atoms with Crippen LogP contribution in [0.5, 0.6) is 5.75 Å². The summed E-state index contributed by atoms with van der Waals surface area (Å²) in [6.45, 7) is 6.34. The van der Waals surface area contributed by atoms with Crippen LogP contribution in [-0.2, 0) is 6.54 Å². The molecular weight excluding hydrogens is 350 g/mol. The summed E-state index contributed by atoms with van der Waals surface area (Å²) in [4.78, 5) is 30.9. The van der Waals surface area contributed by atoms with Gasteiger partial charge in [-0.3, -0.25) is 14.9 Å². The van der Waals surface area contributed by atoms with Crippen LogP contribution in [-0.4, -0.2) is 20.6 Å². The molecule has 0 spiro atoms. The van der Waals surface area contributed by atoms with Gasteiger partial charge in [0.1, 0.15) is 0 Å². The van der Waals surface area contributed by atoms with Gasteiger partial charge in [0.2, 0.25) is 0 Å². The Kier molecular flexibility index (Phi) is 5.08.